The number of fused-ring (bicyclic) bond motifs is 4. The zero-order valence-corrected chi connectivity index (χ0v) is 17.0. The highest BCUT2D eigenvalue weighted by atomic mass is 35.5. The standard InChI is InChI=1S/C22H19ClN2O5/c1-28-22(27)17-9-14-15(11-24-7-3-2-4-16(14)24)21(25(17)20(26)10-23)13-5-6-18-19(8-13)30-12-29-18/h2-8,11,17,21H,9-10,12H2,1H3/t17-,21-/m1/s1. The molecule has 0 spiro atoms. The van der Waals surface area contributed by atoms with Crippen LogP contribution in [0.2, 0.25) is 0 Å². The number of esters is 1. The van der Waals surface area contributed by atoms with E-state index in [9.17, 15) is 9.59 Å². The molecule has 0 radical (unpaired) electrons. The first-order valence-corrected chi connectivity index (χ1v) is 10.1. The van der Waals surface area contributed by atoms with Crippen LogP contribution in [0, 0.1) is 0 Å². The average Bonchev–Trinajstić information content (AvgIpc) is 3.40. The molecule has 0 bridgehead atoms. The fraction of sp³-hybridized carbons (Fsp3) is 0.273. The second kappa shape index (κ2) is 7.25. The van der Waals surface area contributed by atoms with Crippen molar-refractivity contribution >= 4 is 29.0 Å². The molecule has 0 saturated heterocycles. The predicted octanol–water partition coefficient (Wildman–Crippen LogP) is 2.92. The molecule has 154 valence electrons. The molecule has 2 aromatic heterocycles. The van der Waals surface area contributed by atoms with Crippen molar-refractivity contribution < 1.29 is 23.8 Å². The number of rotatable bonds is 3. The maximum atomic E-state index is 13.0. The van der Waals surface area contributed by atoms with Gasteiger partial charge in [0.1, 0.15) is 11.9 Å². The molecular formula is C22H19ClN2O5. The molecule has 2 aliphatic heterocycles. The Morgan fingerprint density at radius 1 is 1.20 bits per heavy atom. The lowest BCUT2D eigenvalue weighted by Crippen LogP contribution is -2.52. The Morgan fingerprint density at radius 2 is 2.03 bits per heavy atom. The summed E-state index contributed by atoms with van der Waals surface area (Å²) in [5, 5.41) is 0. The van der Waals surface area contributed by atoms with E-state index < -0.39 is 18.1 Å². The quantitative estimate of drug-likeness (QED) is 0.476. The summed E-state index contributed by atoms with van der Waals surface area (Å²) in [5.74, 6) is 0.209. The summed E-state index contributed by atoms with van der Waals surface area (Å²) in [4.78, 5) is 27.2. The van der Waals surface area contributed by atoms with E-state index in [1.807, 2.05) is 53.2 Å². The SMILES string of the molecule is COC(=O)[C@H]1Cc2c(cn3ccccc23)[C@@H](c2ccc3c(c2)OCO3)N1C(=O)CCl. The van der Waals surface area contributed by atoms with Crippen molar-refractivity contribution in [1.82, 2.24) is 9.30 Å². The van der Waals surface area contributed by atoms with Crippen molar-refractivity contribution in [1.29, 1.82) is 0 Å². The molecule has 0 unspecified atom stereocenters. The molecule has 5 rings (SSSR count). The van der Waals surface area contributed by atoms with E-state index in [0.717, 1.165) is 22.2 Å². The fourth-order valence-corrected chi connectivity index (χ4v) is 4.56. The van der Waals surface area contributed by atoms with Crippen LogP contribution in [0.3, 0.4) is 0 Å². The third kappa shape index (κ3) is 2.81. The molecule has 2 aliphatic rings. The van der Waals surface area contributed by atoms with Crippen molar-refractivity contribution in [3.05, 3.63) is 65.5 Å². The number of nitrogens with zero attached hydrogens (tertiary/aromatic N) is 2. The van der Waals surface area contributed by atoms with Crippen LogP contribution in [0.15, 0.2) is 48.8 Å². The molecule has 3 aromatic rings. The number of carbonyl (C=O) groups excluding carboxylic acids is 2. The number of halogens is 1. The average molecular weight is 427 g/mol. The van der Waals surface area contributed by atoms with Crippen molar-refractivity contribution in [2.75, 3.05) is 19.8 Å². The largest absolute Gasteiger partial charge is 0.467 e. The number of carbonyl (C=O) groups is 2. The second-order valence-corrected chi connectivity index (χ2v) is 7.52. The molecule has 0 saturated carbocycles. The lowest BCUT2D eigenvalue weighted by Gasteiger charge is -2.40. The summed E-state index contributed by atoms with van der Waals surface area (Å²) in [7, 11) is 1.33. The van der Waals surface area contributed by atoms with Gasteiger partial charge in [-0.3, -0.25) is 4.79 Å². The summed E-state index contributed by atoms with van der Waals surface area (Å²) in [5.41, 5.74) is 3.75. The van der Waals surface area contributed by atoms with Crippen molar-refractivity contribution in [3.63, 3.8) is 0 Å². The van der Waals surface area contributed by atoms with Crippen LogP contribution in [-0.2, 0) is 20.7 Å². The number of benzene rings is 1. The van der Waals surface area contributed by atoms with E-state index in [0.29, 0.717) is 17.9 Å². The first-order chi connectivity index (χ1) is 14.6. The Hall–Kier alpha value is -3.19. The second-order valence-electron chi connectivity index (χ2n) is 7.25. The summed E-state index contributed by atoms with van der Waals surface area (Å²) in [6, 6.07) is 10.2. The van der Waals surface area contributed by atoms with Gasteiger partial charge in [0, 0.05) is 29.9 Å². The minimum absolute atomic E-state index is 0.153. The molecular weight excluding hydrogens is 408 g/mol. The maximum Gasteiger partial charge on any atom is 0.328 e. The van der Waals surface area contributed by atoms with Gasteiger partial charge in [-0.25, -0.2) is 4.79 Å². The van der Waals surface area contributed by atoms with E-state index in [1.54, 1.807) is 0 Å². The van der Waals surface area contributed by atoms with E-state index in [2.05, 4.69) is 0 Å². The van der Waals surface area contributed by atoms with Gasteiger partial charge in [0.2, 0.25) is 12.7 Å². The molecule has 7 nitrogen and oxygen atoms in total. The molecule has 4 heterocycles. The highest BCUT2D eigenvalue weighted by Gasteiger charge is 2.43. The van der Waals surface area contributed by atoms with Crippen molar-refractivity contribution in [2.24, 2.45) is 0 Å². The van der Waals surface area contributed by atoms with Crippen LogP contribution in [0.5, 0.6) is 11.5 Å². The zero-order valence-electron chi connectivity index (χ0n) is 16.2. The van der Waals surface area contributed by atoms with Gasteiger partial charge >= 0.3 is 5.97 Å². The number of methoxy groups -OCH3 is 1. The highest BCUT2D eigenvalue weighted by Crippen LogP contribution is 2.43. The molecule has 0 fully saturated rings. The molecule has 1 aromatic carbocycles. The van der Waals surface area contributed by atoms with Crippen LogP contribution in [0.1, 0.15) is 22.7 Å². The Morgan fingerprint density at radius 3 is 2.83 bits per heavy atom. The first kappa shape index (κ1) is 18.8. The summed E-state index contributed by atoms with van der Waals surface area (Å²) >= 11 is 5.96. The van der Waals surface area contributed by atoms with Gasteiger partial charge in [0.05, 0.1) is 13.2 Å². The van der Waals surface area contributed by atoms with Gasteiger partial charge in [-0.15, -0.1) is 11.6 Å². The Balaban J connectivity index is 1.75. The van der Waals surface area contributed by atoms with Crippen LogP contribution < -0.4 is 9.47 Å². The van der Waals surface area contributed by atoms with E-state index >= 15 is 0 Å². The minimum Gasteiger partial charge on any atom is -0.467 e. The number of hydrogen-bond acceptors (Lipinski definition) is 5. The summed E-state index contributed by atoms with van der Waals surface area (Å²) < 4.78 is 18.0. The monoisotopic (exact) mass is 426 g/mol. The van der Waals surface area contributed by atoms with Crippen LogP contribution in [-0.4, -0.2) is 47.0 Å². The number of aromatic nitrogens is 1. The highest BCUT2D eigenvalue weighted by molar-refractivity contribution is 6.27. The molecule has 0 aliphatic carbocycles. The van der Waals surface area contributed by atoms with Gasteiger partial charge in [0.15, 0.2) is 11.5 Å². The molecule has 30 heavy (non-hydrogen) atoms. The Kier molecular flexibility index (Phi) is 4.55. The third-order valence-corrected chi connectivity index (χ3v) is 5.95. The number of ether oxygens (including phenoxy) is 3. The molecule has 1 amide bonds. The fourth-order valence-electron chi connectivity index (χ4n) is 4.42. The number of alkyl halides is 1. The van der Waals surface area contributed by atoms with E-state index in [4.69, 9.17) is 25.8 Å². The van der Waals surface area contributed by atoms with Crippen LogP contribution in [0.25, 0.3) is 5.52 Å². The summed E-state index contributed by atoms with van der Waals surface area (Å²) in [6.45, 7) is 0.153. The van der Waals surface area contributed by atoms with Crippen LogP contribution in [0.4, 0.5) is 0 Å². The topological polar surface area (TPSA) is 69.5 Å². The number of pyridine rings is 1. The number of amides is 1. The smallest absolute Gasteiger partial charge is 0.328 e. The van der Waals surface area contributed by atoms with Gasteiger partial charge in [-0.1, -0.05) is 12.1 Å². The molecule has 8 heteroatoms. The lowest BCUT2D eigenvalue weighted by molar-refractivity contribution is -0.154. The van der Waals surface area contributed by atoms with Gasteiger partial charge in [-0.05, 0) is 35.4 Å². The van der Waals surface area contributed by atoms with E-state index in [-0.39, 0.29) is 18.6 Å². The van der Waals surface area contributed by atoms with Crippen molar-refractivity contribution in [2.45, 2.75) is 18.5 Å². The van der Waals surface area contributed by atoms with Gasteiger partial charge in [-0.2, -0.15) is 0 Å². The van der Waals surface area contributed by atoms with Crippen molar-refractivity contribution in [3.8, 4) is 11.5 Å². The zero-order chi connectivity index (χ0) is 20.8. The maximum absolute atomic E-state index is 13.0. The predicted molar refractivity (Wildman–Crippen MR) is 109 cm³/mol. The summed E-state index contributed by atoms with van der Waals surface area (Å²) in [6.07, 6.45) is 4.30. The number of hydrogen-bond donors (Lipinski definition) is 0. The molecule has 0 N–H and O–H groups in total. The van der Waals surface area contributed by atoms with Crippen LogP contribution >= 0.6 is 11.6 Å². The Bertz CT molecular complexity index is 1160. The first-order valence-electron chi connectivity index (χ1n) is 9.55. The minimum atomic E-state index is -0.782. The lowest BCUT2D eigenvalue weighted by atomic mass is 9.86. The van der Waals surface area contributed by atoms with Gasteiger partial charge in [0.25, 0.3) is 0 Å². The molecule has 2 atom stereocenters. The van der Waals surface area contributed by atoms with Gasteiger partial charge < -0.3 is 23.5 Å². The third-order valence-electron chi connectivity index (χ3n) is 5.72. The van der Waals surface area contributed by atoms with E-state index in [1.165, 1.54) is 12.0 Å². The normalized spacial score (nSPS) is 19.6. The Labute approximate surface area is 177 Å².